The molecule has 3 aromatic rings. The number of hydrogen-bond acceptors (Lipinski definition) is 5. The zero-order chi connectivity index (χ0) is 14.8. The zero-order valence-corrected chi connectivity index (χ0v) is 11.8. The van der Waals surface area contributed by atoms with Crippen molar-refractivity contribution in [1.29, 1.82) is 0 Å². The summed E-state index contributed by atoms with van der Waals surface area (Å²) in [7, 11) is 3.24. The summed E-state index contributed by atoms with van der Waals surface area (Å²) >= 11 is 0. The Labute approximate surface area is 122 Å². The van der Waals surface area contributed by atoms with Gasteiger partial charge in [-0.2, -0.15) is 0 Å². The molecule has 106 valence electrons. The standard InChI is InChI=1S/C16H15N3O2/c1-20-12-4-3-5-13(21-2)14(12)11-7-6-10-8-9-18-16(17)15(10)19-11/h3-9H,1-2H3,(H2,17,18). The van der Waals surface area contributed by atoms with Crippen LogP contribution in [0.15, 0.2) is 42.6 Å². The van der Waals surface area contributed by atoms with Gasteiger partial charge in [0.15, 0.2) is 0 Å². The van der Waals surface area contributed by atoms with Gasteiger partial charge < -0.3 is 15.2 Å². The van der Waals surface area contributed by atoms with Crippen LogP contribution < -0.4 is 15.2 Å². The van der Waals surface area contributed by atoms with Crippen LogP contribution in [0.3, 0.4) is 0 Å². The third-order valence-corrected chi connectivity index (χ3v) is 3.32. The number of nitrogen functional groups attached to an aromatic ring is 1. The quantitative estimate of drug-likeness (QED) is 0.799. The number of hydrogen-bond donors (Lipinski definition) is 1. The molecule has 2 N–H and O–H groups in total. The maximum Gasteiger partial charge on any atom is 0.149 e. The highest BCUT2D eigenvalue weighted by molar-refractivity contribution is 5.90. The van der Waals surface area contributed by atoms with Crippen molar-refractivity contribution in [1.82, 2.24) is 9.97 Å². The molecule has 1 aromatic carbocycles. The fourth-order valence-corrected chi connectivity index (χ4v) is 2.31. The molecule has 0 atom stereocenters. The molecular weight excluding hydrogens is 266 g/mol. The first-order chi connectivity index (χ1) is 10.2. The van der Waals surface area contributed by atoms with Crippen molar-refractivity contribution in [3.8, 4) is 22.8 Å². The Morgan fingerprint density at radius 1 is 0.952 bits per heavy atom. The third-order valence-electron chi connectivity index (χ3n) is 3.32. The van der Waals surface area contributed by atoms with Gasteiger partial charge in [-0.3, -0.25) is 0 Å². The van der Waals surface area contributed by atoms with Crippen LogP contribution >= 0.6 is 0 Å². The van der Waals surface area contributed by atoms with E-state index < -0.39 is 0 Å². The molecule has 0 spiro atoms. The molecule has 0 aliphatic rings. The predicted octanol–water partition coefficient (Wildman–Crippen LogP) is 2.90. The monoisotopic (exact) mass is 281 g/mol. The van der Waals surface area contributed by atoms with Gasteiger partial charge >= 0.3 is 0 Å². The third kappa shape index (κ3) is 2.23. The average Bonchev–Trinajstić information content (AvgIpc) is 2.54. The van der Waals surface area contributed by atoms with Crippen molar-refractivity contribution in [2.24, 2.45) is 0 Å². The first-order valence-corrected chi connectivity index (χ1v) is 6.47. The van der Waals surface area contributed by atoms with Gasteiger partial charge in [-0.15, -0.1) is 0 Å². The number of aromatic nitrogens is 2. The number of nitrogens with two attached hydrogens (primary N) is 1. The SMILES string of the molecule is COc1cccc(OC)c1-c1ccc2ccnc(N)c2n1. The lowest BCUT2D eigenvalue weighted by atomic mass is 10.1. The van der Waals surface area contributed by atoms with Gasteiger partial charge in [0.2, 0.25) is 0 Å². The topological polar surface area (TPSA) is 70.3 Å². The number of ether oxygens (including phenoxy) is 2. The molecule has 2 aromatic heterocycles. The summed E-state index contributed by atoms with van der Waals surface area (Å²) in [5.41, 5.74) is 8.11. The van der Waals surface area contributed by atoms with Crippen molar-refractivity contribution in [3.05, 3.63) is 42.6 Å². The molecule has 5 nitrogen and oxygen atoms in total. The van der Waals surface area contributed by atoms with Gasteiger partial charge in [-0.1, -0.05) is 12.1 Å². The van der Waals surface area contributed by atoms with Gasteiger partial charge in [0.25, 0.3) is 0 Å². The van der Waals surface area contributed by atoms with Crippen LogP contribution in [0.2, 0.25) is 0 Å². The fraction of sp³-hybridized carbons (Fsp3) is 0.125. The minimum absolute atomic E-state index is 0.406. The Morgan fingerprint density at radius 2 is 1.67 bits per heavy atom. The molecule has 0 unspecified atom stereocenters. The fourth-order valence-electron chi connectivity index (χ4n) is 2.31. The van der Waals surface area contributed by atoms with Crippen molar-refractivity contribution in [2.75, 3.05) is 20.0 Å². The van der Waals surface area contributed by atoms with E-state index in [1.807, 2.05) is 36.4 Å². The second kappa shape index (κ2) is 5.28. The molecule has 0 aliphatic carbocycles. The van der Waals surface area contributed by atoms with E-state index in [1.165, 1.54) is 0 Å². The number of anilines is 1. The summed E-state index contributed by atoms with van der Waals surface area (Å²) < 4.78 is 10.8. The minimum Gasteiger partial charge on any atom is -0.496 e. The Bertz CT molecular complexity index is 780. The van der Waals surface area contributed by atoms with E-state index in [-0.39, 0.29) is 0 Å². The van der Waals surface area contributed by atoms with Crippen LogP contribution in [0.5, 0.6) is 11.5 Å². The summed E-state index contributed by atoms with van der Waals surface area (Å²) in [6.07, 6.45) is 1.67. The molecule has 0 amide bonds. The molecule has 5 heteroatoms. The highest BCUT2D eigenvalue weighted by Crippen LogP contribution is 2.37. The summed E-state index contributed by atoms with van der Waals surface area (Å²) in [6.45, 7) is 0. The highest BCUT2D eigenvalue weighted by Gasteiger charge is 2.14. The van der Waals surface area contributed by atoms with Crippen LogP contribution in [0.25, 0.3) is 22.2 Å². The van der Waals surface area contributed by atoms with Crippen molar-refractivity contribution in [3.63, 3.8) is 0 Å². The van der Waals surface area contributed by atoms with E-state index in [4.69, 9.17) is 15.2 Å². The van der Waals surface area contributed by atoms with Gasteiger partial charge in [0.05, 0.1) is 25.5 Å². The molecule has 0 bridgehead atoms. The first kappa shape index (κ1) is 13.2. The number of rotatable bonds is 3. The Hall–Kier alpha value is -2.82. The molecular formula is C16H15N3O2. The van der Waals surface area contributed by atoms with Crippen LogP contribution in [-0.2, 0) is 0 Å². The van der Waals surface area contributed by atoms with Crippen molar-refractivity contribution in [2.45, 2.75) is 0 Å². The maximum absolute atomic E-state index is 5.91. The van der Waals surface area contributed by atoms with E-state index in [1.54, 1.807) is 20.4 Å². The van der Waals surface area contributed by atoms with Gasteiger partial charge in [0, 0.05) is 11.6 Å². The number of nitrogens with zero attached hydrogens (tertiary/aromatic N) is 2. The van der Waals surface area contributed by atoms with Gasteiger partial charge in [0.1, 0.15) is 22.8 Å². The number of benzene rings is 1. The average molecular weight is 281 g/mol. The summed E-state index contributed by atoms with van der Waals surface area (Å²) in [6, 6.07) is 11.4. The second-order valence-corrected chi connectivity index (χ2v) is 4.50. The molecule has 3 rings (SSSR count). The van der Waals surface area contributed by atoms with Crippen LogP contribution in [0.1, 0.15) is 0 Å². The largest absolute Gasteiger partial charge is 0.496 e. The molecule has 2 heterocycles. The van der Waals surface area contributed by atoms with Crippen molar-refractivity contribution >= 4 is 16.7 Å². The van der Waals surface area contributed by atoms with Crippen molar-refractivity contribution < 1.29 is 9.47 Å². The second-order valence-electron chi connectivity index (χ2n) is 4.50. The molecule has 0 fully saturated rings. The summed E-state index contributed by atoms with van der Waals surface area (Å²) in [4.78, 5) is 8.69. The molecule has 21 heavy (non-hydrogen) atoms. The van der Waals surface area contributed by atoms with E-state index in [0.717, 1.165) is 16.6 Å². The zero-order valence-electron chi connectivity index (χ0n) is 11.8. The lowest BCUT2D eigenvalue weighted by Crippen LogP contribution is -1.97. The minimum atomic E-state index is 0.406. The van der Waals surface area contributed by atoms with Gasteiger partial charge in [-0.05, 0) is 24.3 Å². The highest BCUT2D eigenvalue weighted by atomic mass is 16.5. The Kier molecular flexibility index (Phi) is 3.31. The predicted molar refractivity (Wildman–Crippen MR) is 82.5 cm³/mol. The number of pyridine rings is 2. The summed E-state index contributed by atoms with van der Waals surface area (Å²) in [5.74, 6) is 1.80. The molecule has 0 saturated heterocycles. The molecule has 0 aliphatic heterocycles. The Balaban J connectivity index is 2.28. The van der Waals surface area contributed by atoms with E-state index in [0.29, 0.717) is 22.8 Å². The first-order valence-electron chi connectivity index (χ1n) is 6.47. The number of methoxy groups -OCH3 is 2. The van der Waals surface area contributed by atoms with Gasteiger partial charge in [-0.25, -0.2) is 9.97 Å². The maximum atomic E-state index is 5.91. The Morgan fingerprint density at radius 3 is 2.33 bits per heavy atom. The summed E-state index contributed by atoms with van der Waals surface area (Å²) in [5, 5.41) is 0.945. The van der Waals surface area contributed by atoms with E-state index >= 15 is 0 Å². The smallest absolute Gasteiger partial charge is 0.149 e. The molecule has 0 saturated carbocycles. The van der Waals surface area contributed by atoms with E-state index in [2.05, 4.69) is 9.97 Å². The lowest BCUT2D eigenvalue weighted by Gasteiger charge is -2.13. The van der Waals surface area contributed by atoms with Crippen LogP contribution in [0.4, 0.5) is 5.82 Å². The number of fused-ring (bicyclic) bond motifs is 1. The normalized spacial score (nSPS) is 10.6. The van der Waals surface area contributed by atoms with Crippen LogP contribution in [0, 0.1) is 0 Å². The van der Waals surface area contributed by atoms with E-state index in [9.17, 15) is 0 Å². The lowest BCUT2D eigenvalue weighted by molar-refractivity contribution is 0.397. The van der Waals surface area contributed by atoms with Crippen LogP contribution in [-0.4, -0.2) is 24.2 Å². The molecule has 0 radical (unpaired) electrons.